The lowest BCUT2D eigenvalue weighted by molar-refractivity contribution is -0.120. The van der Waals surface area contributed by atoms with E-state index < -0.39 is 0 Å². The van der Waals surface area contributed by atoms with Crippen molar-refractivity contribution < 1.29 is 9.53 Å². The van der Waals surface area contributed by atoms with Crippen LogP contribution in [0.3, 0.4) is 0 Å². The van der Waals surface area contributed by atoms with Crippen LogP contribution in [0.1, 0.15) is 0 Å². The number of carbonyl (C=O) groups excluding carboxylic acids is 1. The summed E-state index contributed by atoms with van der Waals surface area (Å²) >= 11 is 0. The minimum atomic E-state index is -0.161. The number of rotatable bonds is 2. The fraction of sp³-hybridized carbons (Fsp3) is 0.154. The van der Waals surface area contributed by atoms with Crippen molar-refractivity contribution in [1.29, 1.82) is 10.5 Å². The van der Waals surface area contributed by atoms with Crippen molar-refractivity contribution in [2.45, 2.75) is 0 Å². The molecular formula is C13H10N4O2. The Morgan fingerprint density at radius 2 is 2.21 bits per heavy atom. The van der Waals surface area contributed by atoms with Gasteiger partial charge in [0.25, 0.3) is 5.91 Å². The van der Waals surface area contributed by atoms with Crippen LogP contribution in [0, 0.1) is 22.7 Å². The molecule has 0 aliphatic carbocycles. The van der Waals surface area contributed by atoms with Crippen molar-refractivity contribution in [1.82, 2.24) is 0 Å². The van der Waals surface area contributed by atoms with Gasteiger partial charge in [-0.3, -0.25) is 4.79 Å². The maximum atomic E-state index is 11.6. The van der Waals surface area contributed by atoms with E-state index in [1.165, 1.54) is 11.1 Å². The number of nitrogens with one attached hydrogen (secondary N) is 1. The molecule has 0 atom stereocenters. The van der Waals surface area contributed by atoms with Crippen molar-refractivity contribution in [2.75, 3.05) is 23.9 Å². The highest BCUT2D eigenvalue weighted by Gasteiger charge is 2.24. The molecule has 0 unspecified atom stereocenters. The molecule has 1 heterocycles. The Bertz CT molecular complexity index is 621. The zero-order valence-corrected chi connectivity index (χ0v) is 10.2. The molecule has 6 nitrogen and oxygen atoms in total. The normalized spacial score (nSPS) is 12.6. The van der Waals surface area contributed by atoms with Gasteiger partial charge in [-0.1, -0.05) is 6.07 Å². The van der Waals surface area contributed by atoms with Crippen molar-refractivity contribution in [3.8, 4) is 17.9 Å². The van der Waals surface area contributed by atoms with E-state index in [1.807, 2.05) is 0 Å². The van der Waals surface area contributed by atoms with Gasteiger partial charge in [0.15, 0.2) is 6.61 Å². The van der Waals surface area contributed by atoms with Crippen LogP contribution in [0.5, 0.6) is 5.75 Å². The lowest BCUT2D eigenvalue weighted by Crippen LogP contribution is -2.35. The zero-order chi connectivity index (χ0) is 13.8. The first-order valence-corrected chi connectivity index (χ1v) is 5.46. The number of carbonyl (C=O) groups is 1. The van der Waals surface area contributed by atoms with Gasteiger partial charge >= 0.3 is 0 Å². The summed E-state index contributed by atoms with van der Waals surface area (Å²) in [6, 6.07) is 8.75. The number of nitriles is 2. The van der Waals surface area contributed by atoms with Crippen LogP contribution in [0.4, 0.5) is 11.4 Å². The first-order chi connectivity index (χ1) is 9.17. The molecule has 0 aromatic heterocycles. The largest absolute Gasteiger partial charge is 0.481 e. The van der Waals surface area contributed by atoms with Crippen molar-refractivity contribution in [3.05, 3.63) is 30.0 Å². The molecule has 0 saturated carbocycles. The van der Waals surface area contributed by atoms with E-state index >= 15 is 0 Å². The Labute approximate surface area is 110 Å². The fourth-order valence-corrected chi connectivity index (χ4v) is 1.70. The number of ether oxygens (including phenoxy) is 1. The first kappa shape index (κ1) is 12.5. The molecule has 0 fully saturated rings. The molecule has 6 heteroatoms. The molecule has 1 aromatic rings. The second-order valence-electron chi connectivity index (χ2n) is 3.82. The molecule has 2 rings (SSSR count). The van der Waals surface area contributed by atoms with E-state index in [4.69, 9.17) is 15.3 Å². The fourth-order valence-electron chi connectivity index (χ4n) is 1.70. The lowest BCUT2D eigenvalue weighted by Gasteiger charge is -2.27. The SMILES string of the molecule is CN1C(=O)COc2cccc(NC=C(C#N)C#N)c21. The van der Waals surface area contributed by atoms with Gasteiger partial charge in [0.1, 0.15) is 29.1 Å². The zero-order valence-electron chi connectivity index (χ0n) is 10.2. The van der Waals surface area contributed by atoms with Crippen LogP contribution >= 0.6 is 0 Å². The predicted molar refractivity (Wildman–Crippen MR) is 68.3 cm³/mol. The summed E-state index contributed by atoms with van der Waals surface area (Å²) in [5.74, 6) is 0.419. The Hall–Kier alpha value is -2.99. The lowest BCUT2D eigenvalue weighted by atomic mass is 10.2. The minimum Gasteiger partial charge on any atom is -0.481 e. The number of allylic oxidation sites excluding steroid dienone is 1. The van der Waals surface area contributed by atoms with Crippen molar-refractivity contribution in [3.63, 3.8) is 0 Å². The average Bonchev–Trinajstić information content (AvgIpc) is 2.44. The van der Waals surface area contributed by atoms with Crippen LogP contribution in [0.15, 0.2) is 30.0 Å². The third kappa shape index (κ3) is 2.33. The molecule has 0 spiro atoms. The van der Waals surface area contributed by atoms with Crippen LogP contribution in [-0.4, -0.2) is 19.6 Å². The predicted octanol–water partition coefficient (Wildman–Crippen LogP) is 1.38. The standard InChI is InChI=1S/C13H10N4O2/c1-17-12(18)8-19-11-4-2-3-10(13(11)17)16-7-9(5-14)6-15/h2-4,7,16H,8H2,1H3. The number of amides is 1. The van der Waals surface area contributed by atoms with Crippen LogP contribution < -0.4 is 15.0 Å². The molecule has 1 aliphatic heterocycles. The molecule has 1 aromatic carbocycles. The number of likely N-dealkylation sites (N-methyl/N-ethyl adjacent to an activating group) is 1. The smallest absolute Gasteiger partial charge is 0.264 e. The number of hydrogen-bond donors (Lipinski definition) is 1. The summed E-state index contributed by atoms with van der Waals surface area (Å²) in [7, 11) is 1.65. The number of fused-ring (bicyclic) bond motifs is 1. The second-order valence-corrected chi connectivity index (χ2v) is 3.82. The van der Waals surface area contributed by atoms with E-state index in [0.29, 0.717) is 17.1 Å². The second kappa shape index (κ2) is 5.11. The van der Waals surface area contributed by atoms with E-state index in [0.717, 1.165) is 0 Å². The van der Waals surface area contributed by atoms with E-state index in [9.17, 15) is 4.79 Å². The van der Waals surface area contributed by atoms with E-state index in [1.54, 1.807) is 37.4 Å². The van der Waals surface area contributed by atoms with E-state index in [2.05, 4.69) is 5.32 Å². The summed E-state index contributed by atoms with van der Waals surface area (Å²) < 4.78 is 5.32. The van der Waals surface area contributed by atoms with Gasteiger partial charge in [-0.15, -0.1) is 0 Å². The Kier molecular flexibility index (Phi) is 3.35. The van der Waals surface area contributed by atoms with Crippen LogP contribution in [0.25, 0.3) is 0 Å². The van der Waals surface area contributed by atoms with Gasteiger partial charge in [0.05, 0.1) is 5.69 Å². The van der Waals surface area contributed by atoms with Gasteiger partial charge in [-0.05, 0) is 12.1 Å². The van der Waals surface area contributed by atoms with Gasteiger partial charge in [-0.25, -0.2) is 0 Å². The number of hydrogen-bond acceptors (Lipinski definition) is 5. The molecule has 1 amide bonds. The highest BCUT2D eigenvalue weighted by atomic mass is 16.5. The summed E-state index contributed by atoms with van der Waals surface area (Å²) in [6.45, 7) is 0.00440. The molecule has 94 valence electrons. The maximum Gasteiger partial charge on any atom is 0.264 e. The molecule has 19 heavy (non-hydrogen) atoms. The number of benzene rings is 1. The Morgan fingerprint density at radius 3 is 2.89 bits per heavy atom. The van der Waals surface area contributed by atoms with E-state index in [-0.39, 0.29) is 18.1 Å². The third-order valence-corrected chi connectivity index (χ3v) is 2.67. The summed E-state index contributed by atoms with van der Waals surface area (Å²) in [6.07, 6.45) is 1.29. The summed E-state index contributed by atoms with van der Waals surface area (Å²) in [5.41, 5.74) is 1.13. The van der Waals surface area contributed by atoms with Crippen LogP contribution in [0.2, 0.25) is 0 Å². The minimum absolute atomic E-state index is 0.00440. The molecule has 1 N–H and O–H groups in total. The van der Waals surface area contributed by atoms with Crippen molar-refractivity contribution >= 4 is 17.3 Å². The summed E-state index contributed by atoms with van der Waals surface area (Å²) in [4.78, 5) is 13.1. The number of para-hydroxylation sites is 1. The molecule has 0 bridgehead atoms. The quantitative estimate of drug-likeness (QED) is 0.805. The highest BCUT2D eigenvalue weighted by Crippen LogP contribution is 2.37. The Balaban J connectivity index is 2.39. The summed E-state index contributed by atoms with van der Waals surface area (Å²) in [5, 5.41) is 20.2. The molecule has 1 aliphatic rings. The topological polar surface area (TPSA) is 89.2 Å². The molecular weight excluding hydrogens is 244 g/mol. The third-order valence-electron chi connectivity index (χ3n) is 2.67. The van der Waals surface area contributed by atoms with Gasteiger partial charge in [0, 0.05) is 13.2 Å². The van der Waals surface area contributed by atoms with Gasteiger partial charge < -0.3 is 15.0 Å². The number of anilines is 2. The molecule has 0 saturated heterocycles. The highest BCUT2D eigenvalue weighted by molar-refractivity contribution is 6.01. The maximum absolute atomic E-state index is 11.6. The first-order valence-electron chi connectivity index (χ1n) is 5.46. The molecule has 0 radical (unpaired) electrons. The Morgan fingerprint density at radius 1 is 1.47 bits per heavy atom. The van der Waals surface area contributed by atoms with Gasteiger partial charge in [-0.2, -0.15) is 10.5 Å². The van der Waals surface area contributed by atoms with Crippen LogP contribution in [-0.2, 0) is 4.79 Å². The van der Waals surface area contributed by atoms with Gasteiger partial charge in [0.2, 0.25) is 0 Å². The van der Waals surface area contributed by atoms with Crippen molar-refractivity contribution in [2.24, 2.45) is 0 Å². The number of nitrogens with zero attached hydrogens (tertiary/aromatic N) is 3. The monoisotopic (exact) mass is 254 g/mol. The average molecular weight is 254 g/mol.